The molecule has 0 radical (unpaired) electrons. The molecule has 0 fully saturated rings. The smallest absolute Gasteiger partial charge is 0.258 e. The molecule has 0 spiro atoms. The molecule has 4 heterocycles. The Kier molecular flexibility index (Phi) is 3.32. The fourth-order valence-electron chi connectivity index (χ4n) is 3.00. The van der Waals surface area contributed by atoms with Gasteiger partial charge in [-0.15, -0.1) is 16.4 Å². The highest BCUT2D eigenvalue weighted by atomic mass is 32.1. The molecule has 4 aromatic heterocycles. The number of aromatic nitrogens is 6. The monoisotopic (exact) mass is 357 g/mol. The average molecular weight is 357 g/mol. The SMILES string of the molecule is Cc1nn(Cc2nc3c4c(C)c(C)sc4ncn3n2)c(C)c1[N+](=O)[O-]. The van der Waals surface area contributed by atoms with Crippen molar-refractivity contribution in [3.63, 3.8) is 0 Å². The lowest BCUT2D eigenvalue weighted by Gasteiger charge is -1.98. The van der Waals surface area contributed by atoms with Gasteiger partial charge in [-0.25, -0.2) is 14.5 Å². The summed E-state index contributed by atoms with van der Waals surface area (Å²) in [7, 11) is 0. The second kappa shape index (κ2) is 5.31. The highest BCUT2D eigenvalue weighted by molar-refractivity contribution is 7.18. The minimum Gasteiger partial charge on any atom is -0.258 e. The van der Waals surface area contributed by atoms with Gasteiger partial charge in [-0.2, -0.15) is 5.10 Å². The number of nitro groups is 1. The molecule has 128 valence electrons. The minimum absolute atomic E-state index is 0.0390. The molecule has 0 aromatic carbocycles. The lowest BCUT2D eigenvalue weighted by molar-refractivity contribution is -0.386. The maximum absolute atomic E-state index is 11.1. The van der Waals surface area contributed by atoms with Gasteiger partial charge in [-0.1, -0.05) is 0 Å². The summed E-state index contributed by atoms with van der Waals surface area (Å²) in [5, 5.41) is 20.9. The third-order valence-corrected chi connectivity index (χ3v) is 5.48. The van der Waals surface area contributed by atoms with E-state index in [9.17, 15) is 10.1 Å². The first-order chi connectivity index (χ1) is 11.9. The van der Waals surface area contributed by atoms with Gasteiger partial charge in [0.25, 0.3) is 0 Å². The molecule has 4 aromatic rings. The molecule has 0 aliphatic carbocycles. The van der Waals surface area contributed by atoms with Crippen LogP contribution in [0.15, 0.2) is 6.33 Å². The van der Waals surface area contributed by atoms with Crippen LogP contribution in [0.25, 0.3) is 15.9 Å². The normalized spacial score (nSPS) is 11.7. The van der Waals surface area contributed by atoms with E-state index in [0.29, 0.717) is 17.2 Å². The molecule has 0 N–H and O–H groups in total. The van der Waals surface area contributed by atoms with Crippen LogP contribution in [0.5, 0.6) is 0 Å². The maximum Gasteiger partial charge on any atom is 0.312 e. The standard InChI is InChI=1S/C15H15N7O2S/c1-7-10(4)25-15-12(7)14-17-11(19-21(14)6-16-15)5-20-9(3)13(22(23)24)8(2)18-20/h6H,5H2,1-4H3. The molecule has 10 heteroatoms. The molecule has 0 unspecified atom stereocenters. The zero-order chi connectivity index (χ0) is 17.9. The van der Waals surface area contributed by atoms with Crippen LogP contribution in [0.4, 0.5) is 5.69 Å². The van der Waals surface area contributed by atoms with E-state index >= 15 is 0 Å². The molecule has 0 bridgehead atoms. The quantitative estimate of drug-likeness (QED) is 0.412. The van der Waals surface area contributed by atoms with Crippen molar-refractivity contribution in [2.24, 2.45) is 0 Å². The number of fused-ring (bicyclic) bond motifs is 3. The number of hydrogen-bond acceptors (Lipinski definition) is 7. The van der Waals surface area contributed by atoms with Crippen molar-refractivity contribution in [1.29, 1.82) is 0 Å². The van der Waals surface area contributed by atoms with Crippen LogP contribution in [-0.4, -0.2) is 34.3 Å². The highest BCUT2D eigenvalue weighted by Crippen LogP contribution is 2.31. The van der Waals surface area contributed by atoms with Crippen LogP contribution < -0.4 is 0 Å². The molecular weight excluding hydrogens is 342 g/mol. The predicted octanol–water partition coefficient (Wildman–Crippen LogP) is 2.73. The van der Waals surface area contributed by atoms with Crippen LogP contribution in [-0.2, 0) is 6.54 Å². The first-order valence-corrected chi connectivity index (χ1v) is 8.46. The van der Waals surface area contributed by atoms with Gasteiger partial charge >= 0.3 is 5.69 Å². The zero-order valence-electron chi connectivity index (χ0n) is 14.1. The molecule has 0 amide bonds. The van der Waals surface area contributed by atoms with Crippen LogP contribution in [0.3, 0.4) is 0 Å². The number of aryl methyl sites for hydroxylation is 3. The molecule has 0 saturated carbocycles. The van der Waals surface area contributed by atoms with Crippen molar-refractivity contribution in [2.75, 3.05) is 0 Å². The molecule has 0 saturated heterocycles. The van der Waals surface area contributed by atoms with Crippen molar-refractivity contribution in [3.8, 4) is 0 Å². The summed E-state index contributed by atoms with van der Waals surface area (Å²) in [5.74, 6) is 0.540. The highest BCUT2D eigenvalue weighted by Gasteiger charge is 2.23. The average Bonchev–Trinajstić information content (AvgIpc) is 3.15. The Morgan fingerprint density at radius 1 is 1.24 bits per heavy atom. The first-order valence-electron chi connectivity index (χ1n) is 7.65. The van der Waals surface area contributed by atoms with Crippen LogP contribution in [0.1, 0.15) is 27.7 Å². The van der Waals surface area contributed by atoms with Gasteiger partial charge in [0.2, 0.25) is 0 Å². The van der Waals surface area contributed by atoms with Crippen LogP contribution in [0.2, 0.25) is 0 Å². The van der Waals surface area contributed by atoms with Gasteiger partial charge < -0.3 is 0 Å². The van der Waals surface area contributed by atoms with Crippen LogP contribution >= 0.6 is 11.3 Å². The Balaban J connectivity index is 1.82. The van der Waals surface area contributed by atoms with Crippen molar-refractivity contribution >= 4 is 32.9 Å². The number of hydrogen-bond donors (Lipinski definition) is 0. The van der Waals surface area contributed by atoms with E-state index in [-0.39, 0.29) is 12.2 Å². The molecule has 25 heavy (non-hydrogen) atoms. The topological polar surface area (TPSA) is 104 Å². The Morgan fingerprint density at radius 3 is 2.68 bits per heavy atom. The van der Waals surface area contributed by atoms with Gasteiger partial charge in [-0.05, 0) is 33.3 Å². The molecule has 0 aliphatic heterocycles. The Morgan fingerprint density at radius 2 is 2.00 bits per heavy atom. The Hall–Kier alpha value is -2.88. The molecule has 0 aliphatic rings. The lowest BCUT2D eigenvalue weighted by Crippen LogP contribution is -2.06. The first kappa shape index (κ1) is 15.6. The maximum atomic E-state index is 11.1. The molecular formula is C15H15N7O2S. The van der Waals surface area contributed by atoms with Crippen molar-refractivity contribution in [2.45, 2.75) is 34.2 Å². The summed E-state index contributed by atoms with van der Waals surface area (Å²) in [4.78, 5) is 21.9. The van der Waals surface area contributed by atoms with Gasteiger partial charge in [0.05, 0.1) is 10.3 Å². The van der Waals surface area contributed by atoms with E-state index in [2.05, 4.69) is 34.0 Å². The van der Waals surface area contributed by atoms with E-state index < -0.39 is 4.92 Å². The summed E-state index contributed by atoms with van der Waals surface area (Å²) < 4.78 is 3.22. The lowest BCUT2D eigenvalue weighted by atomic mass is 10.2. The molecule has 4 rings (SSSR count). The summed E-state index contributed by atoms with van der Waals surface area (Å²) in [6, 6.07) is 0. The van der Waals surface area contributed by atoms with E-state index in [1.54, 1.807) is 40.7 Å². The fourth-order valence-corrected chi connectivity index (χ4v) is 3.99. The molecule has 9 nitrogen and oxygen atoms in total. The van der Waals surface area contributed by atoms with Crippen LogP contribution in [0, 0.1) is 37.8 Å². The number of thiophene rings is 1. The Labute approximate surface area is 146 Å². The second-order valence-electron chi connectivity index (χ2n) is 5.94. The van der Waals surface area contributed by atoms with Gasteiger partial charge in [0, 0.05) is 4.88 Å². The van der Waals surface area contributed by atoms with Gasteiger partial charge in [0.1, 0.15) is 29.1 Å². The second-order valence-corrected chi connectivity index (χ2v) is 7.14. The zero-order valence-corrected chi connectivity index (χ0v) is 15.0. The van der Waals surface area contributed by atoms with E-state index in [4.69, 9.17) is 0 Å². The predicted molar refractivity (Wildman–Crippen MR) is 93.1 cm³/mol. The van der Waals surface area contributed by atoms with Gasteiger partial charge in [-0.3, -0.25) is 14.8 Å². The van der Waals surface area contributed by atoms with Crippen molar-refractivity contribution in [1.82, 2.24) is 29.4 Å². The summed E-state index contributed by atoms with van der Waals surface area (Å²) in [6.45, 7) is 7.69. The minimum atomic E-state index is -0.407. The Bertz CT molecular complexity index is 1150. The summed E-state index contributed by atoms with van der Waals surface area (Å²) >= 11 is 1.63. The third kappa shape index (κ3) is 2.29. The van der Waals surface area contributed by atoms with E-state index in [1.807, 2.05) is 0 Å². The summed E-state index contributed by atoms with van der Waals surface area (Å²) in [5.41, 5.74) is 2.82. The van der Waals surface area contributed by atoms with E-state index in [1.165, 1.54) is 4.88 Å². The largest absolute Gasteiger partial charge is 0.312 e. The van der Waals surface area contributed by atoms with Gasteiger partial charge in [0.15, 0.2) is 11.5 Å². The fraction of sp³-hybridized carbons (Fsp3) is 0.333. The number of nitrogens with zero attached hydrogens (tertiary/aromatic N) is 7. The van der Waals surface area contributed by atoms with Crippen molar-refractivity contribution in [3.05, 3.63) is 44.1 Å². The number of rotatable bonds is 3. The third-order valence-electron chi connectivity index (χ3n) is 4.37. The summed E-state index contributed by atoms with van der Waals surface area (Å²) in [6.07, 6.45) is 1.65. The molecule has 0 atom stereocenters. The van der Waals surface area contributed by atoms with E-state index in [0.717, 1.165) is 21.4 Å². The van der Waals surface area contributed by atoms with Crippen molar-refractivity contribution < 1.29 is 4.92 Å².